The molecule has 1 amide bonds. The second-order valence-corrected chi connectivity index (χ2v) is 5.70. The lowest BCUT2D eigenvalue weighted by atomic mass is 10.0. The first-order valence-electron chi connectivity index (χ1n) is 6.81. The molecule has 0 aliphatic heterocycles. The number of nitrogen functional groups attached to an aromatic ring is 1. The summed E-state index contributed by atoms with van der Waals surface area (Å²) in [6.45, 7) is 0.613. The van der Waals surface area contributed by atoms with Crippen LogP contribution in [0.25, 0.3) is 10.8 Å². The standard InChI is InChI=1S/C17H16N2OS/c18-16-10-14-4-2-1-3-13(14)9-15(16)17(20)19-7-5-12-6-8-21-11-12/h1-4,6,8-11H,5,7,18H2,(H,19,20). The second-order valence-electron chi connectivity index (χ2n) is 4.92. The number of amides is 1. The van der Waals surface area contributed by atoms with Crippen LogP contribution in [0.15, 0.2) is 53.2 Å². The van der Waals surface area contributed by atoms with Gasteiger partial charge in [0, 0.05) is 12.2 Å². The highest BCUT2D eigenvalue weighted by Crippen LogP contribution is 2.21. The van der Waals surface area contributed by atoms with Crippen LogP contribution in [-0.2, 0) is 6.42 Å². The number of nitrogens with one attached hydrogen (secondary N) is 1. The van der Waals surface area contributed by atoms with Gasteiger partial charge in [-0.15, -0.1) is 0 Å². The molecule has 1 heterocycles. The highest BCUT2D eigenvalue weighted by Gasteiger charge is 2.10. The zero-order chi connectivity index (χ0) is 14.7. The summed E-state index contributed by atoms with van der Waals surface area (Å²) in [5, 5.41) is 9.13. The van der Waals surface area contributed by atoms with Gasteiger partial charge in [-0.1, -0.05) is 24.3 Å². The lowest BCUT2D eigenvalue weighted by molar-refractivity contribution is 0.0955. The van der Waals surface area contributed by atoms with E-state index in [0.29, 0.717) is 17.8 Å². The summed E-state index contributed by atoms with van der Waals surface area (Å²) in [6.07, 6.45) is 0.836. The van der Waals surface area contributed by atoms with Crippen LogP contribution in [0.3, 0.4) is 0 Å². The van der Waals surface area contributed by atoms with E-state index in [0.717, 1.165) is 17.2 Å². The van der Waals surface area contributed by atoms with Gasteiger partial charge in [0.15, 0.2) is 0 Å². The van der Waals surface area contributed by atoms with Crippen LogP contribution >= 0.6 is 11.3 Å². The summed E-state index contributed by atoms with van der Waals surface area (Å²) in [5.74, 6) is -0.117. The molecule has 3 aromatic rings. The van der Waals surface area contributed by atoms with Crippen molar-refractivity contribution in [3.63, 3.8) is 0 Å². The molecule has 3 N–H and O–H groups in total. The van der Waals surface area contributed by atoms with Crippen molar-refractivity contribution in [1.29, 1.82) is 0 Å². The second kappa shape index (κ2) is 5.97. The first-order valence-corrected chi connectivity index (χ1v) is 7.76. The van der Waals surface area contributed by atoms with Crippen LogP contribution in [0.1, 0.15) is 15.9 Å². The minimum absolute atomic E-state index is 0.117. The molecule has 21 heavy (non-hydrogen) atoms. The molecule has 0 atom stereocenters. The highest BCUT2D eigenvalue weighted by molar-refractivity contribution is 7.07. The van der Waals surface area contributed by atoms with Crippen molar-refractivity contribution in [2.45, 2.75) is 6.42 Å². The molecule has 0 spiro atoms. The fraction of sp³-hybridized carbons (Fsp3) is 0.118. The topological polar surface area (TPSA) is 55.1 Å². The van der Waals surface area contributed by atoms with E-state index < -0.39 is 0 Å². The van der Waals surface area contributed by atoms with E-state index in [1.54, 1.807) is 11.3 Å². The van der Waals surface area contributed by atoms with Crippen LogP contribution < -0.4 is 11.1 Å². The van der Waals surface area contributed by atoms with Gasteiger partial charge in [0.05, 0.1) is 5.56 Å². The van der Waals surface area contributed by atoms with E-state index in [9.17, 15) is 4.79 Å². The van der Waals surface area contributed by atoms with Crippen molar-refractivity contribution in [3.05, 3.63) is 64.4 Å². The lowest BCUT2D eigenvalue weighted by Gasteiger charge is -2.09. The number of anilines is 1. The molecule has 3 nitrogen and oxygen atoms in total. The molecule has 0 aliphatic carbocycles. The zero-order valence-electron chi connectivity index (χ0n) is 11.5. The maximum Gasteiger partial charge on any atom is 0.253 e. The summed E-state index contributed by atoms with van der Waals surface area (Å²) in [5.41, 5.74) is 8.29. The summed E-state index contributed by atoms with van der Waals surface area (Å²) in [6, 6.07) is 13.7. The average Bonchev–Trinajstić information content (AvgIpc) is 2.99. The van der Waals surface area contributed by atoms with E-state index in [1.165, 1.54) is 5.56 Å². The third kappa shape index (κ3) is 3.06. The zero-order valence-corrected chi connectivity index (χ0v) is 12.3. The molecule has 0 fully saturated rings. The summed E-state index contributed by atoms with van der Waals surface area (Å²) in [4.78, 5) is 12.2. The number of carbonyl (C=O) groups excluding carboxylic acids is 1. The Hall–Kier alpha value is -2.33. The van der Waals surface area contributed by atoms with Crippen LogP contribution in [0.2, 0.25) is 0 Å². The van der Waals surface area contributed by atoms with Crippen LogP contribution in [0.4, 0.5) is 5.69 Å². The van der Waals surface area contributed by atoms with Crippen molar-refractivity contribution in [2.75, 3.05) is 12.3 Å². The smallest absolute Gasteiger partial charge is 0.253 e. The predicted molar refractivity (Wildman–Crippen MR) is 88.7 cm³/mol. The Kier molecular flexibility index (Phi) is 3.88. The minimum atomic E-state index is -0.117. The fourth-order valence-corrected chi connectivity index (χ4v) is 3.01. The van der Waals surface area contributed by atoms with Crippen LogP contribution in [0.5, 0.6) is 0 Å². The van der Waals surface area contributed by atoms with Gasteiger partial charge in [0.1, 0.15) is 0 Å². The molecule has 1 aromatic heterocycles. The van der Waals surface area contributed by atoms with Crippen LogP contribution in [-0.4, -0.2) is 12.5 Å². The Morgan fingerprint density at radius 3 is 2.62 bits per heavy atom. The monoisotopic (exact) mass is 296 g/mol. The molecule has 0 radical (unpaired) electrons. The van der Waals surface area contributed by atoms with E-state index in [1.807, 2.05) is 41.8 Å². The average molecular weight is 296 g/mol. The molecule has 106 valence electrons. The van der Waals surface area contributed by atoms with E-state index in [-0.39, 0.29) is 5.91 Å². The Bertz CT molecular complexity index is 766. The number of benzene rings is 2. The van der Waals surface area contributed by atoms with E-state index >= 15 is 0 Å². The third-order valence-corrected chi connectivity index (χ3v) is 4.17. The summed E-state index contributed by atoms with van der Waals surface area (Å²) >= 11 is 1.67. The molecule has 0 bridgehead atoms. The molecular formula is C17H16N2OS. The number of thiophene rings is 1. The van der Waals surface area contributed by atoms with Crippen LogP contribution in [0, 0.1) is 0 Å². The largest absolute Gasteiger partial charge is 0.398 e. The van der Waals surface area contributed by atoms with Gasteiger partial charge >= 0.3 is 0 Å². The van der Waals surface area contributed by atoms with E-state index in [2.05, 4.69) is 16.8 Å². The Morgan fingerprint density at radius 2 is 1.90 bits per heavy atom. The first-order chi connectivity index (χ1) is 10.2. The Labute approximate surface area is 127 Å². The molecule has 3 rings (SSSR count). The van der Waals surface area contributed by atoms with Gasteiger partial charge in [-0.25, -0.2) is 0 Å². The number of fused-ring (bicyclic) bond motifs is 1. The van der Waals surface area contributed by atoms with Crippen molar-refractivity contribution in [1.82, 2.24) is 5.32 Å². The van der Waals surface area contributed by atoms with Gasteiger partial charge in [0.25, 0.3) is 5.91 Å². The number of nitrogens with two attached hydrogens (primary N) is 1. The molecule has 4 heteroatoms. The lowest BCUT2D eigenvalue weighted by Crippen LogP contribution is -2.26. The third-order valence-electron chi connectivity index (χ3n) is 3.44. The summed E-state index contributed by atoms with van der Waals surface area (Å²) < 4.78 is 0. The molecule has 0 unspecified atom stereocenters. The minimum Gasteiger partial charge on any atom is -0.398 e. The summed E-state index contributed by atoms with van der Waals surface area (Å²) in [7, 11) is 0. The maximum atomic E-state index is 12.2. The van der Waals surface area contributed by atoms with Gasteiger partial charge in [-0.3, -0.25) is 4.79 Å². The Balaban J connectivity index is 1.73. The van der Waals surface area contributed by atoms with Crippen molar-refractivity contribution >= 4 is 33.7 Å². The van der Waals surface area contributed by atoms with Gasteiger partial charge in [-0.05, 0) is 51.7 Å². The molecule has 0 aliphatic rings. The number of hydrogen-bond acceptors (Lipinski definition) is 3. The van der Waals surface area contributed by atoms with Crippen molar-refractivity contribution in [3.8, 4) is 0 Å². The van der Waals surface area contributed by atoms with Gasteiger partial charge in [0.2, 0.25) is 0 Å². The Morgan fingerprint density at radius 1 is 1.14 bits per heavy atom. The number of rotatable bonds is 4. The number of carbonyl (C=O) groups is 1. The first kappa shape index (κ1) is 13.6. The maximum absolute atomic E-state index is 12.2. The number of hydrogen-bond donors (Lipinski definition) is 2. The highest BCUT2D eigenvalue weighted by atomic mass is 32.1. The quantitative estimate of drug-likeness (QED) is 0.724. The van der Waals surface area contributed by atoms with E-state index in [4.69, 9.17) is 5.73 Å². The molecule has 2 aromatic carbocycles. The molecule has 0 saturated heterocycles. The predicted octanol–water partition coefficient (Wildman–Crippen LogP) is 3.46. The normalized spacial score (nSPS) is 10.7. The molecule has 0 saturated carbocycles. The van der Waals surface area contributed by atoms with Gasteiger partial charge < -0.3 is 11.1 Å². The fourth-order valence-electron chi connectivity index (χ4n) is 2.31. The molecular weight excluding hydrogens is 280 g/mol. The SMILES string of the molecule is Nc1cc2ccccc2cc1C(=O)NCCc1ccsc1. The van der Waals surface area contributed by atoms with Crippen molar-refractivity contribution < 1.29 is 4.79 Å². The van der Waals surface area contributed by atoms with Crippen molar-refractivity contribution in [2.24, 2.45) is 0 Å². The van der Waals surface area contributed by atoms with Gasteiger partial charge in [-0.2, -0.15) is 11.3 Å².